The summed E-state index contributed by atoms with van der Waals surface area (Å²) in [4.78, 5) is 28.1. The molecule has 0 spiro atoms. The van der Waals surface area contributed by atoms with Gasteiger partial charge < -0.3 is 13.9 Å². The average Bonchev–Trinajstić information content (AvgIpc) is 2.62. The molecule has 2 aromatic heterocycles. The van der Waals surface area contributed by atoms with E-state index in [0.717, 1.165) is 5.39 Å². The van der Waals surface area contributed by atoms with E-state index >= 15 is 0 Å². The Morgan fingerprint density at radius 1 is 1.24 bits per heavy atom. The van der Waals surface area contributed by atoms with Crippen molar-refractivity contribution >= 4 is 16.9 Å². The summed E-state index contributed by atoms with van der Waals surface area (Å²) in [7, 11) is 0. The van der Waals surface area contributed by atoms with Gasteiger partial charge in [0.2, 0.25) is 0 Å². The standard InChI is InChI=1S/C19H17NO5/c1-3-23-18(21)12(2)24-14-8-7-13-10-15(16-6-4-5-9-20-16)19(22)25-17(13)11-14/h4-12H,3H2,1-2H3. The molecule has 128 valence electrons. The first kappa shape index (κ1) is 16.7. The maximum absolute atomic E-state index is 12.2. The summed E-state index contributed by atoms with van der Waals surface area (Å²) in [5.41, 5.74) is 0.830. The van der Waals surface area contributed by atoms with E-state index in [-0.39, 0.29) is 6.61 Å². The smallest absolute Gasteiger partial charge is 0.347 e. The molecule has 0 N–H and O–H groups in total. The Hall–Kier alpha value is -3.15. The highest BCUT2D eigenvalue weighted by Gasteiger charge is 2.16. The second kappa shape index (κ2) is 7.17. The molecule has 0 amide bonds. The van der Waals surface area contributed by atoms with E-state index < -0.39 is 17.7 Å². The van der Waals surface area contributed by atoms with E-state index in [1.807, 2.05) is 0 Å². The summed E-state index contributed by atoms with van der Waals surface area (Å²) < 4.78 is 15.8. The molecular weight excluding hydrogens is 322 g/mol. The van der Waals surface area contributed by atoms with Crippen molar-refractivity contribution in [3.8, 4) is 17.0 Å². The predicted molar refractivity (Wildman–Crippen MR) is 92.4 cm³/mol. The molecular formula is C19H17NO5. The van der Waals surface area contributed by atoms with Crippen molar-refractivity contribution in [1.29, 1.82) is 0 Å². The van der Waals surface area contributed by atoms with Crippen LogP contribution < -0.4 is 10.4 Å². The molecule has 3 rings (SSSR count). The molecule has 0 radical (unpaired) electrons. The van der Waals surface area contributed by atoms with Crippen molar-refractivity contribution in [2.45, 2.75) is 20.0 Å². The molecule has 0 saturated carbocycles. The van der Waals surface area contributed by atoms with Crippen LogP contribution in [0.5, 0.6) is 5.75 Å². The van der Waals surface area contributed by atoms with Gasteiger partial charge in [0, 0.05) is 17.6 Å². The normalized spacial score (nSPS) is 11.9. The van der Waals surface area contributed by atoms with Gasteiger partial charge in [-0.2, -0.15) is 0 Å². The number of hydrogen-bond donors (Lipinski definition) is 0. The maximum atomic E-state index is 12.2. The van der Waals surface area contributed by atoms with E-state index in [1.165, 1.54) is 0 Å². The lowest BCUT2D eigenvalue weighted by Crippen LogP contribution is -2.26. The number of carbonyl (C=O) groups excluding carboxylic acids is 1. The summed E-state index contributed by atoms with van der Waals surface area (Å²) in [5, 5.41) is 0.733. The van der Waals surface area contributed by atoms with Crippen molar-refractivity contribution in [3.63, 3.8) is 0 Å². The zero-order valence-electron chi connectivity index (χ0n) is 13.9. The van der Waals surface area contributed by atoms with Crippen LogP contribution >= 0.6 is 0 Å². The Balaban J connectivity index is 1.92. The Labute approximate surface area is 144 Å². The third-order valence-corrected chi connectivity index (χ3v) is 3.58. The molecule has 3 aromatic rings. The third kappa shape index (κ3) is 3.68. The van der Waals surface area contributed by atoms with Gasteiger partial charge in [0.1, 0.15) is 11.3 Å². The minimum Gasteiger partial charge on any atom is -0.479 e. The van der Waals surface area contributed by atoms with E-state index in [4.69, 9.17) is 13.9 Å². The highest BCUT2D eigenvalue weighted by atomic mass is 16.6. The number of ether oxygens (including phenoxy) is 2. The van der Waals surface area contributed by atoms with Crippen LogP contribution in [0, 0.1) is 0 Å². The van der Waals surface area contributed by atoms with Crippen LogP contribution in [0.2, 0.25) is 0 Å². The lowest BCUT2D eigenvalue weighted by Gasteiger charge is -2.13. The zero-order valence-corrected chi connectivity index (χ0v) is 13.9. The van der Waals surface area contributed by atoms with E-state index in [9.17, 15) is 9.59 Å². The molecule has 1 unspecified atom stereocenters. The fraction of sp³-hybridized carbons (Fsp3) is 0.211. The Kier molecular flexibility index (Phi) is 4.79. The van der Waals surface area contributed by atoms with Crippen LogP contribution in [0.1, 0.15) is 13.8 Å². The molecule has 6 heteroatoms. The molecule has 0 fully saturated rings. The van der Waals surface area contributed by atoms with Gasteiger partial charge in [-0.25, -0.2) is 9.59 Å². The molecule has 1 atom stereocenters. The van der Waals surface area contributed by atoms with E-state index in [2.05, 4.69) is 4.98 Å². The summed E-state index contributed by atoms with van der Waals surface area (Å²) in [5.74, 6) is -0.0312. The van der Waals surface area contributed by atoms with Crippen molar-refractivity contribution in [2.75, 3.05) is 6.61 Å². The van der Waals surface area contributed by atoms with Gasteiger partial charge in [-0.1, -0.05) is 6.07 Å². The third-order valence-electron chi connectivity index (χ3n) is 3.58. The first-order valence-corrected chi connectivity index (χ1v) is 7.91. The van der Waals surface area contributed by atoms with Gasteiger partial charge in [0.05, 0.1) is 17.9 Å². The summed E-state index contributed by atoms with van der Waals surface area (Å²) in [6.07, 6.45) is 0.865. The van der Waals surface area contributed by atoms with Crippen LogP contribution in [-0.2, 0) is 9.53 Å². The van der Waals surface area contributed by atoms with Gasteiger partial charge in [-0.15, -0.1) is 0 Å². The zero-order chi connectivity index (χ0) is 17.8. The molecule has 25 heavy (non-hydrogen) atoms. The van der Waals surface area contributed by atoms with Crippen molar-refractivity contribution in [2.24, 2.45) is 0 Å². The Bertz CT molecular complexity index is 949. The van der Waals surface area contributed by atoms with Gasteiger partial charge in [-0.05, 0) is 44.2 Å². The van der Waals surface area contributed by atoms with Gasteiger partial charge in [0.25, 0.3) is 0 Å². The molecule has 0 aliphatic carbocycles. The van der Waals surface area contributed by atoms with Crippen LogP contribution in [-0.4, -0.2) is 23.7 Å². The number of aromatic nitrogens is 1. The number of rotatable bonds is 5. The quantitative estimate of drug-likeness (QED) is 0.525. The highest BCUT2D eigenvalue weighted by Crippen LogP contribution is 2.24. The molecule has 0 aliphatic rings. The highest BCUT2D eigenvalue weighted by molar-refractivity contribution is 5.82. The molecule has 0 aliphatic heterocycles. The molecule has 0 bridgehead atoms. The van der Waals surface area contributed by atoms with Gasteiger partial charge >= 0.3 is 11.6 Å². The second-order valence-electron chi connectivity index (χ2n) is 5.37. The average molecular weight is 339 g/mol. The predicted octanol–water partition coefficient (Wildman–Crippen LogP) is 3.19. The van der Waals surface area contributed by atoms with E-state index in [0.29, 0.717) is 22.6 Å². The first-order valence-electron chi connectivity index (χ1n) is 7.91. The Morgan fingerprint density at radius 3 is 2.80 bits per heavy atom. The maximum Gasteiger partial charge on any atom is 0.347 e. The number of fused-ring (bicyclic) bond motifs is 1. The number of hydrogen-bond acceptors (Lipinski definition) is 6. The largest absolute Gasteiger partial charge is 0.479 e. The number of benzene rings is 1. The minimum absolute atomic E-state index is 0.287. The first-order chi connectivity index (χ1) is 12.1. The fourth-order valence-electron chi connectivity index (χ4n) is 2.38. The van der Waals surface area contributed by atoms with Crippen LogP contribution in [0.3, 0.4) is 0 Å². The van der Waals surface area contributed by atoms with Gasteiger partial charge in [0.15, 0.2) is 6.10 Å². The number of esters is 1. The molecule has 1 aromatic carbocycles. The molecule has 2 heterocycles. The monoisotopic (exact) mass is 339 g/mol. The van der Waals surface area contributed by atoms with Crippen molar-refractivity contribution in [3.05, 3.63) is 59.1 Å². The Morgan fingerprint density at radius 2 is 2.08 bits per heavy atom. The summed E-state index contributed by atoms with van der Waals surface area (Å²) >= 11 is 0. The van der Waals surface area contributed by atoms with Crippen LogP contribution in [0.15, 0.2) is 57.9 Å². The SMILES string of the molecule is CCOC(=O)C(C)Oc1ccc2cc(-c3ccccn3)c(=O)oc2c1. The fourth-order valence-corrected chi connectivity index (χ4v) is 2.38. The number of pyridine rings is 1. The number of nitrogens with zero attached hydrogens (tertiary/aromatic N) is 1. The molecule has 6 nitrogen and oxygen atoms in total. The van der Waals surface area contributed by atoms with Crippen LogP contribution in [0.4, 0.5) is 0 Å². The lowest BCUT2D eigenvalue weighted by atomic mass is 10.1. The summed E-state index contributed by atoms with van der Waals surface area (Å²) in [6, 6.07) is 12.1. The topological polar surface area (TPSA) is 78.6 Å². The lowest BCUT2D eigenvalue weighted by molar-refractivity contribution is -0.150. The summed E-state index contributed by atoms with van der Waals surface area (Å²) in [6.45, 7) is 3.62. The number of carbonyl (C=O) groups is 1. The molecule has 0 saturated heterocycles. The minimum atomic E-state index is -0.753. The second-order valence-corrected chi connectivity index (χ2v) is 5.37. The van der Waals surface area contributed by atoms with E-state index in [1.54, 1.807) is 62.5 Å². The van der Waals surface area contributed by atoms with Crippen LogP contribution in [0.25, 0.3) is 22.2 Å². The van der Waals surface area contributed by atoms with Crippen molar-refractivity contribution < 1.29 is 18.7 Å². The van der Waals surface area contributed by atoms with Crippen molar-refractivity contribution in [1.82, 2.24) is 4.98 Å². The van der Waals surface area contributed by atoms with Gasteiger partial charge in [-0.3, -0.25) is 4.98 Å².